The van der Waals surface area contributed by atoms with E-state index < -0.39 is 11.7 Å². The SMILES string of the molecule is FC(F)(F)c1ccccc1-c1nc2ccccc2[nH]1. The van der Waals surface area contributed by atoms with Crippen molar-refractivity contribution in [3.8, 4) is 11.4 Å². The van der Waals surface area contributed by atoms with Crippen molar-refractivity contribution < 1.29 is 13.2 Å². The van der Waals surface area contributed by atoms with Crippen LogP contribution in [0, 0.1) is 0 Å². The number of aromatic nitrogens is 2. The van der Waals surface area contributed by atoms with E-state index in [2.05, 4.69) is 9.97 Å². The van der Waals surface area contributed by atoms with Crippen molar-refractivity contribution in [3.63, 3.8) is 0 Å². The van der Waals surface area contributed by atoms with Gasteiger partial charge in [0.1, 0.15) is 5.82 Å². The summed E-state index contributed by atoms with van der Waals surface area (Å²) in [5.74, 6) is 0.231. The lowest BCUT2D eigenvalue weighted by Crippen LogP contribution is -2.07. The fraction of sp³-hybridized carbons (Fsp3) is 0.0714. The minimum absolute atomic E-state index is 0.0613. The van der Waals surface area contributed by atoms with Crippen molar-refractivity contribution in [1.29, 1.82) is 0 Å². The molecular weight excluding hydrogens is 253 g/mol. The van der Waals surface area contributed by atoms with Gasteiger partial charge in [0.25, 0.3) is 0 Å². The maximum atomic E-state index is 12.9. The Morgan fingerprint density at radius 1 is 0.895 bits per heavy atom. The first-order valence-corrected chi connectivity index (χ1v) is 5.67. The Labute approximate surface area is 106 Å². The summed E-state index contributed by atoms with van der Waals surface area (Å²) < 4.78 is 38.8. The number of imidazole rings is 1. The molecule has 0 saturated heterocycles. The minimum atomic E-state index is -4.39. The van der Waals surface area contributed by atoms with Crippen molar-refractivity contribution in [2.45, 2.75) is 6.18 Å². The number of benzene rings is 2. The van der Waals surface area contributed by atoms with Crippen LogP contribution in [0.1, 0.15) is 5.56 Å². The topological polar surface area (TPSA) is 28.7 Å². The van der Waals surface area contributed by atoms with Crippen molar-refractivity contribution in [2.24, 2.45) is 0 Å². The van der Waals surface area contributed by atoms with Gasteiger partial charge in [-0.15, -0.1) is 0 Å². The second-order valence-electron chi connectivity index (χ2n) is 4.15. The second-order valence-corrected chi connectivity index (χ2v) is 4.15. The van der Waals surface area contributed by atoms with E-state index in [1.807, 2.05) is 0 Å². The molecule has 0 atom stereocenters. The lowest BCUT2D eigenvalue weighted by atomic mass is 10.1. The maximum absolute atomic E-state index is 12.9. The predicted octanol–water partition coefficient (Wildman–Crippen LogP) is 4.25. The number of fused-ring (bicyclic) bond motifs is 1. The number of hydrogen-bond donors (Lipinski definition) is 1. The molecule has 3 aromatic rings. The van der Waals surface area contributed by atoms with E-state index >= 15 is 0 Å². The Bertz CT molecular complexity index is 696. The Kier molecular flexibility index (Phi) is 2.55. The van der Waals surface area contributed by atoms with E-state index in [-0.39, 0.29) is 11.4 Å². The summed E-state index contributed by atoms with van der Waals surface area (Å²) in [6, 6.07) is 12.5. The monoisotopic (exact) mass is 262 g/mol. The van der Waals surface area contributed by atoms with Crippen LogP contribution < -0.4 is 0 Å². The fourth-order valence-electron chi connectivity index (χ4n) is 2.02. The van der Waals surface area contributed by atoms with Crippen LogP contribution in [0.25, 0.3) is 22.4 Å². The molecule has 2 aromatic carbocycles. The van der Waals surface area contributed by atoms with Crippen molar-refractivity contribution in [1.82, 2.24) is 9.97 Å². The third-order valence-electron chi connectivity index (χ3n) is 2.88. The summed E-state index contributed by atoms with van der Waals surface area (Å²) in [5, 5.41) is 0. The van der Waals surface area contributed by atoms with Crippen molar-refractivity contribution in [3.05, 3.63) is 54.1 Å². The van der Waals surface area contributed by atoms with Crippen LogP contribution in [-0.4, -0.2) is 9.97 Å². The van der Waals surface area contributed by atoms with Gasteiger partial charge in [-0.25, -0.2) is 4.98 Å². The maximum Gasteiger partial charge on any atom is 0.417 e. The number of nitrogens with zero attached hydrogens (tertiary/aromatic N) is 1. The lowest BCUT2D eigenvalue weighted by Gasteiger charge is -2.10. The standard InChI is InChI=1S/C14H9F3N2/c15-14(16,17)10-6-2-1-5-9(10)13-18-11-7-3-4-8-12(11)19-13/h1-8H,(H,18,19). The first-order chi connectivity index (χ1) is 9.05. The van der Waals surface area contributed by atoms with Crippen LogP contribution in [0.3, 0.4) is 0 Å². The molecule has 1 N–H and O–H groups in total. The number of hydrogen-bond acceptors (Lipinski definition) is 1. The van der Waals surface area contributed by atoms with Crippen LogP contribution in [0.5, 0.6) is 0 Å². The molecular formula is C14H9F3N2. The zero-order chi connectivity index (χ0) is 13.5. The van der Waals surface area contributed by atoms with Gasteiger partial charge in [0, 0.05) is 5.56 Å². The van der Waals surface area contributed by atoms with Gasteiger partial charge in [-0.3, -0.25) is 0 Å². The Hall–Kier alpha value is -2.30. The highest BCUT2D eigenvalue weighted by atomic mass is 19.4. The summed E-state index contributed by atoms with van der Waals surface area (Å²) in [4.78, 5) is 7.11. The number of alkyl halides is 3. The number of nitrogens with one attached hydrogen (secondary N) is 1. The molecule has 0 unspecified atom stereocenters. The molecule has 3 rings (SSSR count). The molecule has 2 nitrogen and oxygen atoms in total. The summed E-state index contributed by atoms with van der Waals surface area (Å²) in [6.45, 7) is 0. The summed E-state index contributed by atoms with van der Waals surface area (Å²) >= 11 is 0. The molecule has 0 aliphatic rings. The summed E-state index contributed by atoms with van der Waals surface area (Å²) in [7, 11) is 0. The molecule has 0 aliphatic carbocycles. The predicted molar refractivity (Wildman–Crippen MR) is 66.5 cm³/mol. The second kappa shape index (κ2) is 4.12. The highest BCUT2D eigenvalue weighted by Crippen LogP contribution is 2.36. The quantitative estimate of drug-likeness (QED) is 0.697. The van der Waals surface area contributed by atoms with Gasteiger partial charge in [-0.05, 0) is 18.2 Å². The van der Waals surface area contributed by atoms with E-state index in [4.69, 9.17) is 0 Å². The molecule has 0 aliphatic heterocycles. The fourth-order valence-corrected chi connectivity index (χ4v) is 2.02. The van der Waals surface area contributed by atoms with Gasteiger partial charge in [0.05, 0.1) is 16.6 Å². The first kappa shape index (κ1) is 11.8. The molecule has 1 aromatic heterocycles. The largest absolute Gasteiger partial charge is 0.417 e. The van der Waals surface area contributed by atoms with Crippen molar-refractivity contribution in [2.75, 3.05) is 0 Å². The average molecular weight is 262 g/mol. The van der Waals surface area contributed by atoms with E-state index in [0.29, 0.717) is 5.52 Å². The average Bonchev–Trinajstić information content (AvgIpc) is 2.81. The Morgan fingerprint density at radius 2 is 1.58 bits per heavy atom. The van der Waals surface area contributed by atoms with E-state index in [1.165, 1.54) is 12.1 Å². The van der Waals surface area contributed by atoms with Gasteiger partial charge in [-0.1, -0.05) is 30.3 Å². The smallest absolute Gasteiger partial charge is 0.338 e. The third-order valence-corrected chi connectivity index (χ3v) is 2.88. The first-order valence-electron chi connectivity index (χ1n) is 5.67. The molecule has 0 amide bonds. The normalized spacial score (nSPS) is 11.9. The van der Waals surface area contributed by atoms with Gasteiger partial charge < -0.3 is 4.98 Å². The molecule has 0 spiro atoms. The third kappa shape index (κ3) is 2.07. The Balaban J connectivity index is 2.22. The van der Waals surface area contributed by atoms with E-state index in [0.717, 1.165) is 11.6 Å². The molecule has 5 heteroatoms. The molecule has 19 heavy (non-hydrogen) atoms. The lowest BCUT2D eigenvalue weighted by molar-refractivity contribution is -0.137. The highest BCUT2D eigenvalue weighted by molar-refractivity contribution is 5.79. The summed E-state index contributed by atoms with van der Waals surface area (Å²) in [6.07, 6.45) is -4.39. The van der Waals surface area contributed by atoms with Crippen LogP contribution in [0.15, 0.2) is 48.5 Å². The highest BCUT2D eigenvalue weighted by Gasteiger charge is 2.33. The molecule has 0 bridgehead atoms. The number of H-pyrrole nitrogens is 1. The number of rotatable bonds is 1. The zero-order valence-corrected chi connectivity index (χ0v) is 9.70. The molecule has 1 heterocycles. The van der Waals surface area contributed by atoms with Crippen LogP contribution in [0.4, 0.5) is 13.2 Å². The molecule has 0 radical (unpaired) electrons. The zero-order valence-electron chi connectivity index (χ0n) is 9.70. The van der Waals surface area contributed by atoms with Crippen LogP contribution >= 0.6 is 0 Å². The van der Waals surface area contributed by atoms with Crippen molar-refractivity contribution >= 4 is 11.0 Å². The van der Waals surface area contributed by atoms with Gasteiger partial charge >= 0.3 is 6.18 Å². The van der Waals surface area contributed by atoms with E-state index in [9.17, 15) is 13.2 Å². The number of para-hydroxylation sites is 2. The van der Waals surface area contributed by atoms with E-state index in [1.54, 1.807) is 30.3 Å². The van der Waals surface area contributed by atoms with Gasteiger partial charge in [0.2, 0.25) is 0 Å². The molecule has 0 fully saturated rings. The summed E-state index contributed by atoms with van der Waals surface area (Å²) in [5.41, 5.74) is 0.740. The van der Waals surface area contributed by atoms with Crippen LogP contribution in [-0.2, 0) is 6.18 Å². The van der Waals surface area contributed by atoms with Gasteiger partial charge in [-0.2, -0.15) is 13.2 Å². The minimum Gasteiger partial charge on any atom is -0.338 e. The van der Waals surface area contributed by atoms with Gasteiger partial charge in [0.15, 0.2) is 0 Å². The molecule has 0 saturated carbocycles. The number of aromatic amines is 1. The van der Waals surface area contributed by atoms with Crippen LogP contribution in [0.2, 0.25) is 0 Å². The molecule has 96 valence electrons. The Morgan fingerprint density at radius 3 is 2.32 bits per heavy atom. The number of halogens is 3.